The molecule has 7 heteroatoms. The van der Waals surface area contributed by atoms with Gasteiger partial charge in [-0.15, -0.1) is 0 Å². The van der Waals surface area contributed by atoms with E-state index in [0.717, 1.165) is 23.5 Å². The Balaban J connectivity index is 1.62. The summed E-state index contributed by atoms with van der Waals surface area (Å²) >= 11 is 0. The number of nitrogens with one attached hydrogen (secondary N) is 1. The summed E-state index contributed by atoms with van der Waals surface area (Å²) in [6.45, 7) is 2.62. The number of rotatable bonds is 9. The maximum Gasteiger partial charge on any atom is 0.176 e. The fourth-order valence-electron chi connectivity index (χ4n) is 3.40. The molecule has 1 fully saturated rings. The highest BCUT2D eigenvalue weighted by Crippen LogP contribution is 2.35. The van der Waals surface area contributed by atoms with Crippen molar-refractivity contribution in [2.24, 2.45) is 0 Å². The number of halogens is 1. The molecule has 0 amide bonds. The van der Waals surface area contributed by atoms with Crippen LogP contribution in [0.1, 0.15) is 25.3 Å². The second kappa shape index (κ2) is 9.22. The molecule has 1 heterocycles. The lowest BCUT2D eigenvalue weighted by Crippen LogP contribution is -2.21. The van der Waals surface area contributed by atoms with Gasteiger partial charge in [0.15, 0.2) is 17.3 Å². The summed E-state index contributed by atoms with van der Waals surface area (Å²) in [4.78, 5) is 4.46. The molecule has 0 unspecified atom stereocenters. The lowest BCUT2D eigenvalue weighted by atomic mass is 10.1. The summed E-state index contributed by atoms with van der Waals surface area (Å²) in [6, 6.07) is 14.3. The van der Waals surface area contributed by atoms with Crippen molar-refractivity contribution < 1.29 is 19.1 Å². The first-order valence-electron chi connectivity index (χ1n) is 10.4. The molecule has 0 atom stereocenters. The first-order chi connectivity index (χ1) is 15.1. The van der Waals surface area contributed by atoms with Crippen molar-refractivity contribution in [1.82, 2.24) is 4.98 Å². The molecule has 0 radical (unpaired) electrons. The van der Waals surface area contributed by atoms with Gasteiger partial charge in [0, 0.05) is 23.4 Å². The fourth-order valence-corrected chi connectivity index (χ4v) is 3.40. The Hall–Kier alpha value is -3.32. The van der Waals surface area contributed by atoms with E-state index in [1.165, 1.54) is 6.07 Å². The Morgan fingerprint density at radius 1 is 1.16 bits per heavy atom. The van der Waals surface area contributed by atoms with E-state index in [-0.39, 0.29) is 12.4 Å². The van der Waals surface area contributed by atoms with Gasteiger partial charge in [0.05, 0.1) is 25.9 Å². The third-order valence-electron chi connectivity index (χ3n) is 5.09. The highest BCUT2D eigenvalue weighted by molar-refractivity contribution is 5.75. The van der Waals surface area contributed by atoms with Crippen molar-refractivity contribution in [2.45, 2.75) is 32.4 Å². The minimum Gasteiger partial charge on any atom is -0.493 e. The molecule has 1 aliphatic carbocycles. The Bertz CT molecular complexity index is 1060. The number of ether oxygens (including phenoxy) is 2. The zero-order chi connectivity index (χ0) is 21.8. The molecule has 162 valence electrons. The van der Waals surface area contributed by atoms with Crippen LogP contribution in [0, 0.1) is 5.82 Å². The summed E-state index contributed by atoms with van der Waals surface area (Å²) in [7, 11) is 1.59. The van der Waals surface area contributed by atoms with Crippen molar-refractivity contribution in [3.63, 3.8) is 0 Å². The number of hydroxylamine groups is 1. The molecular formula is C24H26FN3O3. The van der Waals surface area contributed by atoms with Crippen molar-refractivity contribution in [2.75, 3.05) is 24.1 Å². The van der Waals surface area contributed by atoms with Gasteiger partial charge in [-0.25, -0.2) is 14.4 Å². The second-order valence-corrected chi connectivity index (χ2v) is 7.47. The third-order valence-corrected chi connectivity index (χ3v) is 5.09. The average molecular weight is 423 g/mol. The van der Waals surface area contributed by atoms with Gasteiger partial charge in [0.25, 0.3) is 0 Å². The number of hydrogen-bond acceptors (Lipinski definition) is 6. The van der Waals surface area contributed by atoms with Crippen LogP contribution >= 0.6 is 0 Å². The van der Waals surface area contributed by atoms with Gasteiger partial charge in [-0.05, 0) is 49.6 Å². The van der Waals surface area contributed by atoms with Crippen molar-refractivity contribution in [3.8, 4) is 22.6 Å². The first kappa shape index (κ1) is 20.9. The molecule has 6 nitrogen and oxygen atoms in total. The molecule has 31 heavy (non-hydrogen) atoms. The summed E-state index contributed by atoms with van der Waals surface area (Å²) < 4.78 is 25.2. The van der Waals surface area contributed by atoms with Crippen LogP contribution < -0.4 is 19.9 Å². The summed E-state index contributed by atoms with van der Waals surface area (Å²) in [5.41, 5.74) is 2.64. The molecule has 0 saturated heterocycles. The van der Waals surface area contributed by atoms with Crippen molar-refractivity contribution >= 4 is 11.5 Å². The van der Waals surface area contributed by atoms with Crippen LogP contribution in [0.5, 0.6) is 11.5 Å². The normalized spacial score (nSPS) is 13.0. The van der Waals surface area contributed by atoms with Crippen LogP contribution in [0.25, 0.3) is 11.1 Å². The minimum atomic E-state index is -0.308. The summed E-state index contributed by atoms with van der Waals surface area (Å²) in [6.07, 6.45) is 3.70. The van der Waals surface area contributed by atoms with Crippen LogP contribution in [0.3, 0.4) is 0 Å². The molecule has 1 aromatic heterocycles. The van der Waals surface area contributed by atoms with Crippen LogP contribution in [0.15, 0.2) is 54.7 Å². The van der Waals surface area contributed by atoms with Gasteiger partial charge >= 0.3 is 0 Å². The molecule has 1 saturated carbocycles. The number of benzene rings is 2. The molecule has 1 aliphatic rings. The molecular weight excluding hydrogens is 397 g/mol. The van der Waals surface area contributed by atoms with E-state index in [0.29, 0.717) is 46.8 Å². The fraction of sp³-hybridized carbons (Fsp3) is 0.292. The molecule has 0 spiro atoms. The van der Waals surface area contributed by atoms with E-state index < -0.39 is 0 Å². The smallest absolute Gasteiger partial charge is 0.176 e. The SMILES string of the molecule is CCOc1cc(CN(O)c2ncc(-c3ccccc3F)cc2NC2CC2)ccc1OC. The van der Waals surface area contributed by atoms with Gasteiger partial charge in [-0.3, -0.25) is 5.21 Å². The predicted octanol–water partition coefficient (Wildman–Crippen LogP) is 5.27. The number of aromatic nitrogens is 1. The Kier molecular flexibility index (Phi) is 6.23. The maximum atomic E-state index is 14.3. The second-order valence-electron chi connectivity index (χ2n) is 7.47. The number of pyridine rings is 1. The van der Waals surface area contributed by atoms with E-state index in [1.807, 2.05) is 31.2 Å². The standard InChI is InChI=1S/C24H26FN3O3/c1-3-31-23-12-16(8-11-22(23)30-2)15-28(29)24-21(27-18-9-10-18)13-17(14-26-24)19-6-4-5-7-20(19)25/h4-8,11-14,18,27,29H,3,9-10,15H2,1-2H3. The van der Waals surface area contributed by atoms with E-state index in [1.54, 1.807) is 31.5 Å². The van der Waals surface area contributed by atoms with Gasteiger partial charge in [0.1, 0.15) is 5.82 Å². The van der Waals surface area contributed by atoms with Gasteiger partial charge in [0.2, 0.25) is 0 Å². The highest BCUT2D eigenvalue weighted by Gasteiger charge is 2.24. The third kappa shape index (κ3) is 4.88. The highest BCUT2D eigenvalue weighted by atomic mass is 19.1. The Morgan fingerprint density at radius 2 is 1.97 bits per heavy atom. The van der Waals surface area contributed by atoms with Gasteiger partial charge in [-0.2, -0.15) is 0 Å². The molecule has 3 aromatic rings. The van der Waals surface area contributed by atoms with Crippen LogP contribution in [-0.2, 0) is 6.54 Å². The van der Waals surface area contributed by atoms with E-state index in [2.05, 4.69) is 10.3 Å². The maximum absolute atomic E-state index is 14.3. The number of nitrogens with zero attached hydrogens (tertiary/aromatic N) is 2. The lowest BCUT2D eigenvalue weighted by Gasteiger charge is -2.21. The lowest BCUT2D eigenvalue weighted by molar-refractivity contribution is 0.246. The zero-order valence-electron chi connectivity index (χ0n) is 17.6. The van der Waals surface area contributed by atoms with Gasteiger partial charge < -0.3 is 14.8 Å². The van der Waals surface area contributed by atoms with Crippen LogP contribution in [0.4, 0.5) is 15.9 Å². The predicted molar refractivity (Wildman–Crippen MR) is 118 cm³/mol. The molecule has 2 N–H and O–H groups in total. The van der Waals surface area contributed by atoms with Crippen molar-refractivity contribution in [3.05, 3.63) is 66.1 Å². The van der Waals surface area contributed by atoms with E-state index in [9.17, 15) is 9.60 Å². The quantitative estimate of drug-likeness (QED) is 0.458. The van der Waals surface area contributed by atoms with E-state index in [4.69, 9.17) is 9.47 Å². The minimum absolute atomic E-state index is 0.204. The Morgan fingerprint density at radius 3 is 2.68 bits per heavy atom. The first-order valence-corrected chi connectivity index (χ1v) is 10.4. The summed E-state index contributed by atoms with van der Waals surface area (Å²) in [5, 5.41) is 15.3. The zero-order valence-corrected chi connectivity index (χ0v) is 17.6. The molecule has 0 bridgehead atoms. The largest absolute Gasteiger partial charge is 0.493 e. The topological polar surface area (TPSA) is 66.9 Å². The number of methoxy groups -OCH3 is 1. The van der Waals surface area contributed by atoms with Crippen LogP contribution in [-0.4, -0.2) is 29.9 Å². The van der Waals surface area contributed by atoms with Gasteiger partial charge in [-0.1, -0.05) is 24.3 Å². The Labute approximate surface area is 181 Å². The molecule has 0 aliphatic heterocycles. The number of anilines is 2. The molecule has 2 aromatic carbocycles. The monoisotopic (exact) mass is 423 g/mol. The summed E-state index contributed by atoms with van der Waals surface area (Å²) in [5.74, 6) is 1.34. The molecule has 4 rings (SSSR count). The number of hydrogen-bond donors (Lipinski definition) is 2. The van der Waals surface area contributed by atoms with Crippen molar-refractivity contribution in [1.29, 1.82) is 0 Å². The van der Waals surface area contributed by atoms with Crippen LogP contribution in [0.2, 0.25) is 0 Å². The van der Waals surface area contributed by atoms with E-state index >= 15 is 0 Å². The average Bonchev–Trinajstić information content (AvgIpc) is 3.58.